The summed E-state index contributed by atoms with van der Waals surface area (Å²) < 4.78 is 71.3. The van der Waals surface area contributed by atoms with Gasteiger partial charge in [-0.05, 0) is 37.5 Å². The predicted octanol–water partition coefficient (Wildman–Crippen LogP) is 3.21. The molecule has 1 aliphatic heterocycles. The van der Waals surface area contributed by atoms with Gasteiger partial charge in [0.2, 0.25) is 0 Å². The fourth-order valence-corrected chi connectivity index (χ4v) is 4.03. The van der Waals surface area contributed by atoms with E-state index in [0.717, 1.165) is 24.8 Å². The van der Waals surface area contributed by atoms with Gasteiger partial charge >= 0.3 is 16.4 Å². The first kappa shape index (κ1) is 21.1. The molecule has 1 fully saturated rings. The summed E-state index contributed by atoms with van der Waals surface area (Å²) in [6.07, 6.45) is -1.25. The molecule has 8 nitrogen and oxygen atoms in total. The van der Waals surface area contributed by atoms with E-state index in [0.29, 0.717) is 31.5 Å². The van der Waals surface area contributed by atoms with E-state index in [1.54, 1.807) is 6.92 Å². The summed E-state index contributed by atoms with van der Waals surface area (Å²) in [7, 11) is -4.00. The number of aryl methyl sites for hydroxylation is 1. The van der Waals surface area contributed by atoms with E-state index >= 15 is 0 Å². The first-order valence-electron chi connectivity index (χ1n) is 8.79. The highest BCUT2D eigenvalue weighted by molar-refractivity contribution is 7.87. The molecule has 2 aromatic rings. The van der Waals surface area contributed by atoms with E-state index in [1.165, 1.54) is 10.4 Å². The smallest absolute Gasteiger partial charge is 0.416 e. The molecule has 0 bridgehead atoms. The molecule has 12 heteroatoms. The lowest BCUT2D eigenvalue weighted by Crippen LogP contribution is -2.45. The lowest BCUT2D eigenvalue weighted by Gasteiger charge is -2.25. The second kappa shape index (κ2) is 8.03. The van der Waals surface area contributed by atoms with Gasteiger partial charge in [0.25, 0.3) is 11.9 Å². The molecule has 1 aromatic heterocycles. The highest BCUT2D eigenvalue weighted by atomic mass is 32.2. The number of amides is 1. The first-order valence-corrected chi connectivity index (χ1v) is 10.2. The summed E-state index contributed by atoms with van der Waals surface area (Å²) in [6, 6.07) is 2.88. The minimum absolute atomic E-state index is 0.0922. The standard InChI is InChI=1S/C17H19F3N4O4S/c1-11-5-6-12(17(18,19)20)9-13(11)21-16-22-14(10-28-16)15(25)23-29(26,27)24-7-3-2-4-8-24/h5-6,9-10H,2-4,7-8H2,1H3,(H,21,22)(H,23,25). The van der Waals surface area contributed by atoms with E-state index in [1.807, 2.05) is 4.72 Å². The largest absolute Gasteiger partial charge is 0.431 e. The van der Waals surface area contributed by atoms with E-state index in [2.05, 4.69) is 10.3 Å². The zero-order valence-corrected chi connectivity index (χ0v) is 16.2. The number of carbonyl (C=O) groups is 1. The number of hydrogen-bond acceptors (Lipinski definition) is 6. The van der Waals surface area contributed by atoms with Crippen molar-refractivity contribution in [3.63, 3.8) is 0 Å². The highest BCUT2D eigenvalue weighted by Gasteiger charge is 2.31. The van der Waals surface area contributed by atoms with Gasteiger partial charge in [-0.25, -0.2) is 4.72 Å². The number of benzene rings is 1. The maximum Gasteiger partial charge on any atom is 0.416 e. The van der Waals surface area contributed by atoms with Crippen molar-refractivity contribution >= 4 is 27.8 Å². The van der Waals surface area contributed by atoms with Crippen molar-refractivity contribution in [2.75, 3.05) is 18.4 Å². The third-order valence-corrected chi connectivity index (χ3v) is 5.91. The lowest BCUT2D eigenvalue weighted by molar-refractivity contribution is -0.137. The number of rotatable bonds is 5. The molecule has 1 aromatic carbocycles. The van der Waals surface area contributed by atoms with Gasteiger partial charge in [-0.1, -0.05) is 12.5 Å². The van der Waals surface area contributed by atoms with Crippen molar-refractivity contribution in [1.82, 2.24) is 14.0 Å². The number of alkyl halides is 3. The fraction of sp³-hybridized carbons (Fsp3) is 0.412. The molecule has 0 atom stereocenters. The van der Waals surface area contributed by atoms with Crippen molar-refractivity contribution in [1.29, 1.82) is 0 Å². The molecule has 0 unspecified atom stereocenters. The Hall–Kier alpha value is -2.60. The summed E-state index contributed by atoms with van der Waals surface area (Å²) in [5, 5.41) is 2.57. The second-order valence-corrected chi connectivity index (χ2v) is 8.26. The van der Waals surface area contributed by atoms with Crippen LogP contribution in [0.4, 0.5) is 24.9 Å². The number of anilines is 2. The zero-order chi connectivity index (χ0) is 21.2. The van der Waals surface area contributed by atoms with Gasteiger partial charge in [0, 0.05) is 18.8 Å². The van der Waals surface area contributed by atoms with Gasteiger partial charge < -0.3 is 9.73 Å². The van der Waals surface area contributed by atoms with Crippen LogP contribution in [0.25, 0.3) is 0 Å². The molecule has 2 heterocycles. The zero-order valence-electron chi connectivity index (χ0n) is 15.4. The van der Waals surface area contributed by atoms with Crippen LogP contribution in [0, 0.1) is 6.92 Å². The highest BCUT2D eigenvalue weighted by Crippen LogP contribution is 2.32. The van der Waals surface area contributed by atoms with Gasteiger partial charge in [0.15, 0.2) is 5.69 Å². The third kappa shape index (κ3) is 5.07. The van der Waals surface area contributed by atoms with E-state index < -0.39 is 27.9 Å². The Bertz CT molecular complexity index is 998. The Morgan fingerprint density at radius 2 is 1.90 bits per heavy atom. The van der Waals surface area contributed by atoms with Crippen molar-refractivity contribution in [3.05, 3.63) is 41.3 Å². The molecular formula is C17H19F3N4O4S. The monoisotopic (exact) mass is 432 g/mol. The molecule has 0 radical (unpaired) electrons. The predicted molar refractivity (Wildman–Crippen MR) is 97.8 cm³/mol. The van der Waals surface area contributed by atoms with Crippen LogP contribution < -0.4 is 10.0 Å². The second-order valence-electron chi connectivity index (χ2n) is 6.59. The minimum Gasteiger partial charge on any atom is -0.431 e. The Morgan fingerprint density at radius 3 is 2.55 bits per heavy atom. The third-order valence-electron chi connectivity index (χ3n) is 4.42. The van der Waals surface area contributed by atoms with Gasteiger partial charge in [-0.15, -0.1) is 0 Å². The number of nitrogens with zero attached hydrogens (tertiary/aromatic N) is 2. The maximum atomic E-state index is 12.9. The quantitative estimate of drug-likeness (QED) is 0.752. The van der Waals surface area contributed by atoms with Gasteiger partial charge in [0.1, 0.15) is 6.26 Å². The molecule has 1 aliphatic rings. The van der Waals surface area contributed by atoms with Crippen molar-refractivity contribution in [2.24, 2.45) is 0 Å². The van der Waals surface area contributed by atoms with Crippen LogP contribution >= 0.6 is 0 Å². The Balaban J connectivity index is 1.72. The Kier molecular flexibility index (Phi) is 5.85. The average Bonchev–Trinajstić information content (AvgIpc) is 3.12. The van der Waals surface area contributed by atoms with Crippen LogP contribution in [-0.4, -0.2) is 36.7 Å². The summed E-state index contributed by atoms with van der Waals surface area (Å²) in [6.45, 7) is 2.23. The molecule has 0 spiro atoms. The number of piperidine rings is 1. The molecule has 3 rings (SSSR count). The maximum absolute atomic E-state index is 12.9. The Labute approximate surface area is 165 Å². The number of halogens is 3. The summed E-state index contributed by atoms with van der Waals surface area (Å²) in [5.74, 6) is -0.992. The summed E-state index contributed by atoms with van der Waals surface area (Å²) in [5.41, 5.74) is -0.593. The molecule has 1 saturated heterocycles. The van der Waals surface area contributed by atoms with Crippen molar-refractivity contribution in [2.45, 2.75) is 32.4 Å². The van der Waals surface area contributed by atoms with E-state index in [4.69, 9.17) is 4.42 Å². The number of hydrogen-bond donors (Lipinski definition) is 2. The minimum atomic E-state index is -4.52. The van der Waals surface area contributed by atoms with Gasteiger partial charge in [0.05, 0.1) is 5.56 Å². The fourth-order valence-electron chi connectivity index (χ4n) is 2.82. The normalized spacial score (nSPS) is 15.9. The van der Waals surface area contributed by atoms with E-state index in [9.17, 15) is 26.4 Å². The number of aromatic nitrogens is 1. The summed E-state index contributed by atoms with van der Waals surface area (Å²) >= 11 is 0. The molecule has 0 saturated carbocycles. The number of carbonyl (C=O) groups excluding carboxylic acids is 1. The van der Waals surface area contributed by atoms with E-state index in [-0.39, 0.29) is 17.4 Å². The van der Waals surface area contributed by atoms with Crippen molar-refractivity contribution < 1.29 is 30.8 Å². The molecular weight excluding hydrogens is 413 g/mol. The van der Waals surface area contributed by atoms with Crippen LogP contribution in [0.3, 0.4) is 0 Å². The SMILES string of the molecule is Cc1ccc(C(F)(F)F)cc1Nc1nc(C(=O)NS(=O)(=O)N2CCCCC2)co1. The van der Waals surface area contributed by atoms with Crippen LogP contribution in [0.2, 0.25) is 0 Å². The molecule has 0 aliphatic carbocycles. The number of oxazole rings is 1. The molecule has 29 heavy (non-hydrogen) atoms. The molecule has 2 N–H and O–H groups in total. The molecule has 1 amide bonds. The average molecular weight is 432 g/mol. The Morgan fingerprint density at radius 1 is 1.21 bits per heavy atom. The number of nitrogens with one attached hydrogen (secondary N) is 2. The van der Waals surface area contributed by atoms with Crippen LogP contribution in [0.15, 0.2) is 28.9 Å². The molecule has 158 valence electrons. The van der Waals surface area contributed by atoms with Crippen LogP contribution in [0.1, 0.15) is 40.9 Å². The van der Waals surface area contributed by atoms with Crippen LogP contribution in [-0.2, 0) is 16.4 Å². The lowest BCUT2D eigenvalue weighted by atomic mass is 10.1. The first-order chi connectivity index (χ1) is 13.6. The van der Waals surface area contributed by atoms with Gasteiger partial charge in [-0.2, -0.15) is 30.9 Å². The van der Waals surface area contributed by atoms with Crippen molar-refractivity contribution in [3.8, 4) is 0 Å². The van der Waals surface area contributed by atoms with Crippen LogP contribution in [0.5, 0.6) is 0 Å². The summed E-state index contributed by atoms with van der Waals surface area (Å²) in [4.78, 5) is 16.0. The topological polar surface area (TPSA) is 105 Å². The van der Waals surface area contributed by atoms with Gasteiger partial charge in [-0.3, -0.25) is 4.79 Å².